The van der Waals surface area contributed by atoms with Crippen molar-refractivity contribution in [2.24, 2.45) is 5.92 Å². The molecule has 33 heavy (non-hydrogen) atoms. The second-order valence-electron chi connectivity index (χ2n) is 9.27. The number of hydrogen-bond acceptors (Lipinski definition) is 2. The van der Waals surface area contributed by atoms with Crippen LogP contribution in [0, 0.1) is 12.8 Å². The third-order valence-electron chi connectivity index (χ3n) is 6.33. The van der Waals surface area contributed by atoms with Gasteiger partial charge in [-0.3, -0.25) is 0 Å². The van der Waals surface area contributed by atoms with E-state index in [0.29, 0.717) is 11.9 Å². The topological polar surface area (TPSA) is 37.9 Å². The summed E-state index contributed by atoms with van der Waals surface area (Å²) in [5.74, 6) is 1.31. The van der Waals surface area contributed by atoms with E-state index < -0.39 is 4.87 Å². The molecule has 1 aromatic carbocycles. The molecule has 1 unspecified atom stereocenters. The maximum atomic E-state index is 6.87. The number of ether oxygens (including phenoxy) is 1. The Morgan fingerprint density at radius 1 is 1.24 bits per heavy atom. The van der Waals surface area contributed by atoms with E-state index in [9.17, 15) is 0 Å². The van der Waals surface area contributed by atoms with Gasteiger partial charge in [-0.15, -0.1) is 11.6 Å². The molecule has 1 N–H and O–H groups in total. The highest BCUT2D eigenvalue weighted by atomic mass is 35.5. The third-order valence-corrected chi connectivity index (χ3v) is 6.53. The fraction of sp³-hybridized carbons (Fsp3) is 0.345. The highest BCUT2D eigenvalue weighted by Gasteiger charge is 2.26. The van der Waals surface area contributed by atoms with Crippen LogP contribution in [0.2, 0.25) is 0 Å². The minimum absolute atomic E-state index is 0.496. The Hall–Kier alpha value is -2.78. The van der Waals surface area contributed by atoms with E-state index in [0.717, 1.165) is 48.4 Å². The molecule has 0 aliphatic heterocycles. The summed E-state index contributed by atoms with van der Waals surface area (Å²) in [4.78, 5) is 7.49. The standard InChI is InChI=1S/C29H33ClN2O/c1-5-21-10-9-13-25(18-21)33-28-31-20(2)27(32-28)19-26(29(3,4)30)24-16-14-23(15-17-24)22-11-7-6-8-12-22/h6-11,13-14,16,18-19,22H,5,12,15,17H2,1-4H3,(H,31,32)/b26-19-. The van der Waals surface area contributed by atoms with Gasteiger partial charge in [0.25, 0.3) is 6.01 Å². The molecule has 0 spiro atoms. The molecule has 2 aliphatic rings. The van der Waals surface area contributed by atoms with Crippen LogP contribution in [0.5, 0.6) is 11.8 Å². The first-order chi connectivity index (χ1) is 15.8. The Labute approximate surface area is 202 Å². The second kappa shape index (κ2) is 10.0. The zero-order valence-corrected chi connectivity index (χ0v) is 20.7. The van der Waals surface area contributed by atoms with Crippen LogP contribution in [0.3, 0.4) is 0 Å². The first-order valence-electron chi connectivity index (χ1n) is 11.8. The number of halogens is 1. The van der Waals surface area contributed by atoms with Crippen molar-refractivity contribution in [3.63, 3.8) is 0 Å². The molecule has 0 bridgehead atoms. The summed E-state index contributed by atoms with van der Waals surface area (Å²) in [7, 11) is 0. The zero-order chi connectivity index (χ0) is 23.4. The predicted octanol–water partition coefficient (Wildman–Crippen LogP) is 8.25. The summed E-state index contributed by atoms with van der Waals surface area (Å²) in [6.45, 7) is 8.24. The van der Waals surface area contributed by atoms with Crippen LogP contribution >= 0.6 is 11.6 Å². The zero-order valence-electron chi connectivity index (χ0n) is 20.0. The van der Waals surface area contributed by atoms with Gasteiger partial charge in [-0.25, -0.2) is 0 Å². The SMILES string of the molecule is CCc1cccc(Oc2nc(/C=C(/C3=CC=C(C4C=CC=CC4)CC3)C(C)(C)Cl)c(C)[nH]2)c1. The lowest BCUT2D eigenvalue weighted by molar-refractivity contribution is 0.446. The van der Waals surface area contributed by atoms with Gasteiger partial charge in [0, 0.05) is 11.6 Å². The van der Waals surface area contributed by atoms with Gasteiger partial charge in [0.15, 0.2) is 0 Å². The number of aryl methyl sites for hydroxylation is 2. The Balaban J connectivity index is 1.59. The molecule has 1 aromatic heterocycles. The highest BCUT2D eigenvalue weighted by Crippen LogP contribution is 2.38. The molecule has 2 aliphatic carbocycles. The van der Waals surface area contributed by atoms with E-state index in [1.807, 2.05) is 32.9 Å². The lowest BCUT2D eigenvalue weighted by Crippen LogP contribution is -2.18. The van der Waals surface area contributed by atoms with E-state index in [1.165, 1.54) is 16.7 Å². The number of aromatic nitrogens is 2. The summed E-state index contributed by atoms with van der Waals surface area (Å²) in [5, 5.41) is 0. The van der Waals surface area contributed by atoms with E-state index in [-0.39, 0.29) is 0 Å². The van der Waals surface area contributed by atoms with Crippen LogP contribution in [0.1, 0.15) is 57.0 Å². The van der Waals surface area contributed by atoms with Crippen molar-refractivity contribution in [3.05, 3.63) is 94.4 Å². The number of imidazole rings is 1. The molecule has 0 fully saturated rings. The van der Waals surface area contributed by atoms with Gasteiger partial charge in [-0.05, 0) is 81.4 Å². The van der Waals surface area contributed by atoms with Crippen molar-refractivity contribution in [2.75, 3.05) is 0 Å². The minimum Gasteiger partial charge on any atom is -0.426 e. The highest BCUT2D eigenvalue weighted by molar-refractivity contribution is 6.26. The van der Waals surface area contributed by atoms with Crippen molar-refractivity contribution in [1.82, 2.24) is 9.97 Å². The Kier molecular flexibility index (Phi) is 7.09. The van der Waals surface area contributed by atoms with Gasteiger partial charge in [0.05, 0.1) is 10.6 Å². The predicted molar refractivity (Wildman–Crippen MR) is 139 cm³/mol. The molecule has 0 saturated heterocycles. The van der Waals surface area contributed by atoms with E-state index >= 15 is 0 Å². The van der Waals surface area contributed by atoms with Crippen molar-refractivity contribution < 1.29 is 4.74 Å². The van der Waals surface area contributed by atoms with Gasteiger partial charge in [0.2, 0.25) is 0 Å². The molecule has 0 radical (unpaired) electrons. The van der Waals surface area contributed by atoms with Gasteiger partial charge in [-0.1, -0.05) is 61.1 Å². The van der Waals surface area contributed by atoms with Crippen LogP contribution in [0.4, 0.5) is 0 Å². The normalized spacial score (nSPS) is 18.8. The number of nitrogens with one attached hydrogen (secondary N) is 1. The van der Waals surface area contributed by atoms with Crippen LogP contribution in [0.15, 0.2) is 77.4 Å². The van der Waals surface area contributed by atoms with Crippen LogP contribution < -0.4 is 4.74 Å². The van der Waals surface area contributed by atoms with E-state index in [1.54, 1.807) is 0 Å². The third kappa shape index (κ3) is 5.78. The van der Waals surface area contributed by atoms with Crippen LogP contribution in [-0.4, -0.2) is 14.8 Å². The van der Waals surface area contributed by atoms with Gasteiger partial charge >= 0.3 is 0 Å². The van der Waals surface area contributed by atoms with Crippen molar-refractivity contribution in [1.29, 1.82) is 0 Å². The number of nitrogens with zero attached hydrogens (tertiary/aromatic N) is 1. The fourth-order valence-electron chi connectivity index (χ4n) is 4.40. The largest absolute Gasteiger partial charge is 0.426 e. The van der Waals surface area contributed by atoms with Crippen molar-refractivity contribution in [2.45, 2.75) is 58.3 Å². The first-order valence-corrected chi connectivity index (χ1v) is 12.2. The molecule has 172 valence electrons. The maximum Gasteiger partial charge on any atom is 0.299 e. The molecule has 0 saturated carbocycles. The maximum absolute atomic E-state index is 6.87. The molecule has 4 rings (SSSR count). The van der Waals surface area contributed by atoms with Crippen LogP contribution in [-0.2, 0) is 6.42 Å². The average Bonchev–Trinajstić information content (AvgIpc) is 3.16. The van der Waals surface area contributed by atoms with Gasteiger partial charge in [-0.2, -0.15) is 4.98 Å². The number of aromatic amines is 1. The molecule has 4 heteroatoms. The first kappa shape index (κ1) is 23.4. The summed E-state index contributed by atoms with van der Waals surface area (Å²) >= 11 is 6.87. The Morgan fingerprint density at radius 2 is 2.09 bits per heavy atom. The summed E-state index contributed by atoms with van der Waals surface area (Å²) in [5.41, 5.74) is 6.92. The summed E-state index contributed by atoms with van der Waals surface area (Å²) in [6.07, 6.45) is 19.6. The Morgan fingerprint density at radius 3 is 2.76 bits per heavy atom. The molecule has 1 heterocycles. The molecular weight excluding hydrogens is 428 g/mol. The quantitative estimate of drug-likeness (QED) is 0.422. The summed E-state index contributed by atoms with van der Waals surface area (Å²) < 4.78 is 6.01. The molecule has 3 nitrogen and oxygen atoms in total. The lowest BCUT2D eigenvalue weighted by atomic mass is 9.81. The summed E-state index contributed by atoms with van der Waals surface area (Å²) in [6, 6.07) is 8.61. The van der Waals surface area contributed by atoms with Gasteiger partial charge < -0.3 is 9.72 Å². The van der Waals surface area contributed by atoms with Gasteiger partial charge in [0.1, 0.15) is 5.75 Å². The lowest BCUT2D eigenvalue weighted by Gasteiger charge is -2.27. The Bertz CT molecular complexity index is 1150. The number of alkyl halides is 1. The average molecular weight is 461 g/mol. The molecule has 2 aromatic rings. The molecule has 0 amide bonds. The fourth-order valence-corrected chi connectivity index (χ4v) is 4.58. The van der Waals surface area contributed by atoms with Crippen molar-refractivity contribution in [3.8, 4) is 11.8 Å². The molecule has 1 atom stereocenters. The van der Waals surface area contributed by atoms with E-state index in [2.05, 4.69) is 66.6 Å². The number of benzene rings is 1. The van der Waals surface area contributed by atoms with Crippen molar-refractivity contribution >= 4 is 17.7 Å². The minimum atomic E-state index is -0.507. The second-order valence-corrected chi connectivity index (χ2v) is 10.2. The number of H-pyrrole nitrogens is 1. The molecular formula is C29H33ClN2O. The smallest absolute Gasteiger partial charge is 0.299 e. The number of hydrogen-bond donors (Lipinski definition) is 1. The monoisotopic (exact) mass is 460 g/mol. The van der Waals surface area contributed by atoms with Crippen LogP contribution in [0.25, 0.3) is 6.08 Å². The van der Waals surface area contributed by atoms with E-state index in [4.69, 9.17) is 21.3 Å². The number of rotatable bonds is 7. The number of allylic oxidation sites excluding steroid dienone is 9.